The maximum absolute atomic E-state index is 12.5. The minimum Gasteiger partial charge on any atom is -0.396 e. The van der Waals surface area contributed by atoms with Gasteiger partial charge < -0.3 is 10.0 Å². The van der Waals surface area contributed by atoms with E-state index in [0.717, 1.165) is 42.3 Å². The van der Waals surface area contributed by atoms with Gasteiger partial charge in [-0.2, -0.15) is 0 Å². The second kappa shape index (κ2) is 6.62. The Morgan fingerprint density at radius 2 is 2.19 bits per heavy atom. The quantitative estimate of drug-likeness (QED) is 0.922. The van der Waals surface area contributed by atoms with Gasteiger partial charge in [0.05, 0.1) is 5.04 Å². The van der Waals surface area contributed by atoms with Gasteiger partial charge in [-0.15, -0.1) is 11.8 Å². The fourth-order valence-corrected chi connectivity index (χ4v) is 3.94. The van der Waals surface area contributed by atoms with Crippen molar-refractivity contribution < 1.29 is 9.90 Å². The van der Waals surface area contributed by atoms with Crippen LogP contribution in [0, 0.1) is 5.92 Å². The molecule has 1 N–H and O–H groups in total. The molecule has 112 valence electrons. The Morgan fingerprint density at radius 3 is 2.95 bits per heavy atom. The molecule has 0 aliphatic carbocycles. The van der Waals surface area contributed by atoms with E-state index in [1.165, 1.54) is 0 Å². The second-order valence-electron chi connectivity index (χ2n) is 5.58. The van der Waals surface area contributed by atoms with Gasteiger partial charge >= 0.3 is 0 Å². The van der Waals surface area contributed by atoms with Crippen molar-refractivity contribution in [3.05, 3.63) is 35.9 Å². The Hall–Kier alpha value is -1.33. The number of hydrogen-bond acceptors (Lipinski definition) is 4. The number of likely N-dealkylation sites (tertiary alicyclic amines) is 1. The van der Waals surface area contributed by atoms with Crippen molar-refractivity contribution in [2.75, 3.05) is 25.4 Å². The maximum Gasteiger partial charge on any atom is 0.248 e. The van der Waals surface area contributed by atoms with Crippen molar-refractivity contribution in [3.63, 3.8) is 0 Å². The molecule has 1 fully saturated rings. The van der Waals surface area contributed by atoms with Crippen LogP contribution in [0.3, 0.4) is 0 Å². The Morgan fingerprint density at radius 1 is 1.38 bits per heavy atom. The third-order valence-corrected chi connectivity index (χ3v) is 5.19. The number of rotatable bonds is 4. The summed E-state index contributed by atoms with van der Waals surface area (Å²) in [6, 6.07) is 9.80. The highest BCUT2D eigenvalue weighted by molar-refractivity contribution is 8.14. The van der Waals surface area contributed by atoms with Crippen molar-refractivity contribution in [2.24, 2.45) is 10.9 Å². The van der Waals surface area contributed by atoms with E-state index in [1.54, 1.807) is 11.8 Å². The van der Waals surface area contributed by atoms with Crippen LogP contribution < -0.4 is 0 Å². The molecule has 0 radical (unpaired) electrons. The smallest absolute Gasteiger partial charge is 0.248 e. The average molecular weight is 304 g/mol. The van der Waals surface area contributed by atoms with Gasteiger partial charge in [-0.3, -0.25) is 9.79 Å². The highest BCUT2D eigenvalue weighted by Gasteiger charge is 2.33. The molecule has 2 aliphatic rings. The molecule has 0 bridgehead atoms. The Kier molecular flexibility index (Phi) is 4.60. The van der Waals surface area contributed by atoms with E-state index in [1.807, 2.05) is 35.2 Å². The van der Waals surface area contributed by atoms with Gasteiger partial charge in [0.25, 0.3) is 0 Å². The zero-order chi connectivity index (χ0) is 14.7. The van der Waals surface area contributed by atoms with Gasteiger partial charge in [0.15, 0.2) is 0 Å². The van der Waals surface area contributed by atoms with E-state index in [4.69, 9.17) is 5.11 Å². The standard InChI is InChI=1S/C16H20N2O2S/c19-9-7-12-6-8-18(10-12)16(20)14-11-21-15(17-14)13-4-2-1-3-5-13/h1-5,12,14,19H,6-11H2. The first-order valence-electron chi connectivity index (χ1n) is 7.43. The minimum absolute atomic E-state index is 0.147. The molecule has 1 aromatic carbocycles. The SMILES string of the molecule is O=C(C1CSC(c2ccccc2)=N1)N1CCC(CCO)C1. The van der Waals surface area contributed by atoms with E-state index >= 15 is 0 Å². The van der Waals surface area contributed by atoms with Crippen LogP contribution in [0.15, 0.2) is 35.3 Å². The lowest BCUT2D eigenvalue weighted by atomic mass is 10.1. The van der Waals surface area contributed by atoms with Crippen LogP contribution in [-0.2, 0) is 4.79 Å². The molecule has 0 saturated carbocycles. The molecule has 1 amide bonds. The zero-order valence-corrected chi connectivity index (χ0v) is 12.8. The maximum atomic E-state index is 12.5. The molecule has 2 heterocycles. The Balaban J connectivity index is 1.63. The average Bonchev–Trinajstić information content (AvgIpc) is 3.17. The summed E-state index contributed by atoms with van der Waals surface area (Å²) < 4.78 is 0. The lowest BCUT2D eigenvalue weighted by Gasteiger charge is -2.18. The van der Waals surface area contributed by atoms with Gasteiger partial charge in [-0.25, -0.2) is 0 Å². The van der Waals surface area contributed by atoms with Gasteiger partial charge in [0.2, 0.25) is 5.91 Å². The molecule has 0 spiro atoms. The van der Waals surface area contributed by atoms with Crippen molar-refractivity contribution in [2.45, 2.75) is 18.9 Å². The molecule has 3 rings (SSSR count). The summed E-state index contributed by atoms with van der Waals surface area (Å²) in [5, 5.41) is 9.97. The Bertz CT molecular complexity index is 532. The summed E-state index contributed by atoms with van der Waals surface area (Å²) in [6.07, 6.45) is 1.79. The summed E-state index contributed by atoms with van der Waals surface area (Å²) in [4.78, 5) is 19.0. The predicted molar refractivity (Wildman–Crippen MR) is 85.6 cm³/mol. The molecule has 21 heavy (non-hydrogen) atoms. The van der Waals surface area contributed by atoms with Crippen LogP contribution in [0.5, 0.6) is 0 Å². The fraction of sp³-hybridized carbons (Fsp3) is 0.500. The number of benzene rings is 1. The fourth-order valence-electron chi connectivity index (χ4n) is 2.90. The van der Waals surface area contributed by atoms with Crippen LogP contribution in [-0.4, -0.2) is 52.4 Å². The number of aliphatic hydroxyl groups excluding tert-OH is 1. The van der Waals surface area contributed by atoms with Crippen LogP contribution in [0.2, 0.25) is 0 Å². The van der Waals surface area contributed by atoms with E-state index in [-0.39, 0.29) is 18.6 Å². The molecule has 1 aromatic rings. The normalized spacial score (nSPS) is 25.2. The third-order valence-electron chi connectivity index (χ3n) is 4.09. The first-order valence-corrected chi connectivity index (χ1v) is 8.42. The summed E-state index contributed by atoms with van der Waals surface area (Å²) >= 11 is 1.66. The lowest BCUT2D eigenvalue weighted by Crippen LogP contribution is -2.37. The molecule has 2 atom stereocenters. The highest BCUT2D eigenvalue weighted by Crippen LogP contribution is 2.27. The topological polar surface area (TPSA) is 52.9 Å². The van der Waals surface area contributed by atoms with Crippen LogP contribution in [0.4, 0.5) is 0 Å². The monoisotopic (exact) mass is 304 g/mol. The number of hydrogen-bond donors (Lipinski definition) is 1. The van der Waals surface area contributed by atoms with E-state index < -0.39 is 0 Å². The second-order valence-corrected chi connectivity index (χ2v) is 6.59. The first kappa shape index (κ1) is 14.6. The van der Waals surface area contributed by atoms with Gasteiger partial charge in [-0.05, 0) is 18.8 Å². The molecule has 2 unspecified atom stereocenters. The first-order chi connectivity index (χ1) is 10.3. The number of aliphatic imine (C=N–C) groups is 1. The third kappa shape index (κ3) is 3.30. The molecular formula is C16H20N2O2S. The number of amides is 1. The van der Waals surface area contributed by atoms with Crippen molar-refractivity contribution in [1.82, 2.24) is 4.90 Å². The van der Waals surface area contributed by atoms with E-state index in [0.29, 0.717) is 5.92 Å². The van der Waals surface area contributed by atoms with Gasteiger partial charge in [-0.1, -0.05) is 30.3 Å². The van der Waals surface area contributed by atoms with Crippen molar-refractivity contribution >= 4 is 22.7 Å². The van der Waals surface area contributed by atoms with Crippen LogP contribution in [0.1, 0.15) is 18.4 Å². The zero-order valence-electron chi connectivity index (χ0n) is 11.9. The number of nitrogens with zero attached hydrogens (tertiary/aromatic N) is 2. The summed E-state index contributed by atoms with van der Waals surface area (Å²) in [5.74, 6) is 1.34. The van der Waals surface area contributed by atoms with Crippen molar-refractivity contribution in [3.8, 4) is 0 Å². The minimum atomic E-state index is -0.238. The number of carbonyl (C=O) groups is 1. The molecule has 1 saturated heterocycles. The Labute approximate surface area is 129 Å². The largest absolute Gasteiger partial charge is 0.396 e. The van der Waals surface area contributed by atoms with Crippen molar-refractivity contribution in [1.29, 1.82) is 0 Å². The van der Waals surface area contributed by atoms with E-state index in [9.17, 15) is 4.79 Å². The highest BCUT2D eigenvalue weighted by atomic mass is 32.2. The van der Waals surface area contributed by atoms with Crippen LogP contribution >= 0.6 is 11.8 Å². The van der Waals surface area contributed by atoms with Crippen LogP contribution in [0.25, 0.3) is 0 Å². The summed E-state index contributed by atoms with van der Waals surface area (Å²) in [7, 11) is 0. The molecule has 0 aromatic heterocycles. The lowest BCUT2D eigenvalue weighted by molar-refractivity contribution is -0.131. The molecular weight excluding hydrogens is 284 g/mol. The van der Waals surface area contributed by atoms with Gasteiger partial charge in [0.1, 0.15) is 6.04 Å². The molecule has 4 nitrogen and oxygen atoms in total. The number of aliphatic hydroxyl groups is 1. The predicted octanol–water partition coefficient (Wildman–Crippen LogP) is 1.78. The number of thioether (sulfide) groups is 1. The summed E-state index contributed by atoms with van der Waals surface area (Å²) in [6.45, 7) is 1.79. The van der Waals surface area contributed by atoms with Gasteiger partial charge in [0, 0.05) is 31.0 Å². The molecule has 2 aliphatic heterocycles. The van der Waals surface area contributed by atoms with E-state index in [2.05, 4.69) is 4.99 Å². The molecule has 5 heteroatoms. The number of carbonyl (C=O) groups excluding carboxylic acids is 1. The summed E-state index contributed by atoms with van der Waals surface area (Å²) in [5.41, 5.74) is 1.09.